The van der Waals surface area contributed by atoms with Gasteiger partial charge >= 0.3 is 0 Å². The predicted molar refractivity (Wildman–Crippen MR) is 84.3 cm³/mol. The van der Waals surface area contributed by atoms with E-state index >= 15 is 0 Å². The zero-order valence-corrected chi connectivity index (χ0v) is 12.3. The van der Waals surface area contributed by atoms with Crippen molar-refractivity contribution in [2.75, 3.05) is 0 Å². The van der Waals surface area contributed by atoms with Gasteiger partial charge in [0.25, 0.3) is 0 Å². The topological polar surface area (TPSA) is 17.1 Å². The monoisotopic (exact) mass is 266 g/mol. The molecule has 0 aliphatic heterocycles. The summed E-state index contributed by atoms with van der Waals surface area (Å²) < 4.78 is 0. The van der Waals surface area contributed by atoms with Crippen LogP contribution in [0, 0.1) is 0 Å². The quantitative estimate of drug-likeness (QED) is 0.658. The first-order valence-corrected chi connectivity index (χ1v) is 7.30. The van der Waals surface area contributed by atoms with Crippen LogP contribution in [0.5, 0.6) is 0 Å². The van der Waals surface area contributed by atoms with Gasteiger partial charge in [-0.1, -0.05) is 68.4 Å². The van der Waals surface area contributed by atoms with E-state index in [1.807, 2.05) is 12.1 Å². The van der Waals surface area contributed by atoms with Crippen molar-refractivity contribution in [1.82, 2.24) is 0 Å². The van der Waals surface area contributed by atoms with Gasteiger partial charge in [-0.25, -0.2) is 0 Å². The molecule has 0 N–H and O–H groups in total. The van der Waals surface area contributed by atoms with Crippen molar-refractivity contribution in [3.63, 3.8) is 0 Å². The Hall–Kier alpha value is -1.89. The van der Waals surface area contributed by atoms with Crippen LogP contribution in [0.1, 0.15) is 60.0 Å². The first-order valence-electron chi connectivity index (χ1n) is 7.30. The number of hydrogen-bond donors (Lipinski definition) is 0. The smallest absolute Gasteiger partial charge is 0.150 e. The Balaban J connectivity index is 1.91. The van der Waals surface area contributed by atoms with Gasteiger partial charge in [0.1, 0.15) is 6.29 Å². The molecule has 0 amide bonds. The molecule has 0 bridgehead atoms. The van der Waals surface area contributed by atoms with Crippen LogP contribution in [0.4, 0.5) is 0 Å². The highest BCUT2D eigenvalue weighted by Crippen LogP contribution is 2.27. The van der Waals surface area contributed by atoms with E-state index in [1.165, 1.54) is 17.5 Å². The summed E-state index contributed by atoms with van der Waals surface area (Å²) in [5, 5.41) is 0. The highest BCUT2D eigenvalue weighted by Gasteiger charge is 2.10. The lowest BCUT2D eigenvalue weighted by Gasteiger charge is -2.16. The van der Waals surface area contributed by atoms with E-state index in [2.05, 4.69) is 56.3 Å². The second-order valence-electron chi connectivity index (χ2n) is 5.57. The van der Waals surface area contributed by atoms with Crippen molar-refractivity contribution in [3.05, 3.63) is 71.3 Å². The summed E-state index contributed by atoms with van der Waals surface area (Å²) in [6, 6.07) is 18.6. The Morgan fingerprint density at radius 2 is 1.30 bits per heavy atom. The molecule has 104 valence electrons. The van der Waals surface area contributed by atoms with Gasteiger partial charge in [-0.15, -0.1) is 0 Å². The zero-order valence-electron chi connectivity index (χ0n) is 12.3. The number of hydrogen-bond acceptors (Lipinski definition) is 1. The van der Waals surface area contributed by atoms with E-state index in [0.717, 1.165) is 18.3 Å². The lowest BCUT2D eigenvalue weighted by atomic mass is 9.89. The molecule has 1 heteroatoms. The number of carbonyl (C=O) groups is 1. The van der Waals surface area contributed by atoms with Crippen molar-refractivity contribution >= 4 is 6.29 Å². The van der Waals surface area contributed by atoms with Crippen LogP contribution in [0.25, 0.3) is 0 Å². The summed E-state index contributed by atoms with van der Waals surface area (Å²) in [6.07, 6.45) is 3.24. The summed E-state index contributed by atoms with van der Waals surface area (Å²) in [5.41, 5.74) is 3.48. The highest BCUT2D eigenvalue weighted by atomic mass is 16.1. The lowest BCUT2D eigenvalue weighted by Crippen LogP contribution is -1.99. The van der Waals surface area contributed by atoms with E-state index in [4.69, 9.17) is 0 Å². The highest BCUT2D eigenvalue weighted by molar-refractivity contribution is 5.74. The predicted octanol–water partition coefficient (Wildman–Crippen LogP) is 5.19. The second-order valence-corrected chi connectivity index (χ2v) is 5.57. The van der Waals surface area contributed by atoms with E-state index in [0.29, 0.717) is 11.8 Å². The molecule has 0 spiro atoms. The molecule has 0 heterocycles. The van der Waals surface area contributed by atoms with Crippen LogP contribution in [0.3, 0.4) is 0 Å². The van der Waals surface area contributed by atoms with Gasteiger partial charge in [-0.2, -0.15) is 0 Å². The normalized spacial score (nSPS) is 13.7. The molecule has 2 unspecified atom stereocenters. The molecule has 1 nitrogen and oxygen atoms in total. The Labute approximate surface area is 121 Å². The van der Waals surface area contributed by atoms with Crippen LogP contribution in [0.15, 0.2) is 54.6 Å². The van der Waals surface area contributed by atoms with Crippen molar-refractivity contribution in [1.29, 1.82) is 0 Å². The maximum absolute atomic E-state index is 10.7. The maximum Gasteiger partial charge on any atom is 0.150 e. The van der Waals surface area contributed by atoms with Crippen molar-refractivity contribution in [3.8, 4) is 0 Å². The Bertz CT molecular complexity index is 527. The second kappa shape index (κ2) is 7.04. The fraction of sp³-hybridized carbons (Fsp3) is 0.316. The van der Waals surface area contributed by atoms with E-state index in [-0.39, 0.29) is 0 Å². The van der Waals surface area contributed by atoms with E-state index in [9.17, 15) is 4.79 Å². The standard InChI is InChI=1S/C19H22O/c1-15(18-6-4-3-5-7-18)8-9-16(2)19-12-10-17(14-20)11-13-19/h3-7,10-16H,8-9H2,1-2H3. The number of carbonyl (C=O) groups excluding carboxylic acids is 1. The molecule has 0 fully saturated rings. The molecular formula is C19H22O. The van der Waals surface area contributed by atoms with Gasteiger partial charge < -0.3 is 0 Å². The van der Waals surface area contributed by atoms with Crippen LogP contribution in [0.2, 0.25) is 0 Å². The fourth-order valence-corrected chi connectivity index (χ4v) is 2.52. The largest absolute Gasteiger partial charge is 0.298 e. The van der Waals surface area contributed by atoms with Crippen LogP contribution in [-0.4, -0.2) is 6.29 Å². The summed E-state index contributed by atoms with van der Waals surface area (Å²) in [7, 11) is 0. The minimum atomic E-state index is 0.530. The molecule has 2 aromatic rings. The first kappa shape index (κ1) is 14.5. The molecule has 2 aromatic carbocycles. The van der Waals surface area contributed by atoms with Gasteiger partial charge in [-0.05, 0) is 35.8 Å². The van der Waals surface area contributed by atoms with Crippen molar-refractivity contribution < 1.29 is 4.79 Å². The third-order valence-corrected chi connectivity index (χ3v) is 4.04. The average Bonchev–Trinajstić information content (AvgIpc) is 2.53. The van der Waals surface area contributed by atoms with Gasteiger partial charge in [0.05, 0.1) is 0 Å². The minimum absolute atomic E-state index is 0.530. The van der Waals surface area contributed by atoms with Gasteiger partial charge in [0.2, 0.25) is 0 Å². The molecular weight excluding hydrogens is 244 g/mol. The Morgan fingerprint density at radius 1 is 0.800 bits per heavy atom. The Morgan fingerprint density at radius 3 is 1.80 bits per heavy atom. The van der Waals surface area contributed by atoms with Crippen LogP contribution < -0.4 is 0 Å². The van der Waals surface area contributed by atoms with Crippen LogP contribution >= 0.6 is 0 Å². The number of benzene rings is 2. The molecule has 0 saturated heterocycles. The molecule has 2 atom stereocenters. The molecule has 20 heavy (non-hydrogen) atoms. The summed E-state index contributed by atoms with van der Waals surface area (Å²) >= 11 is 0. The molecule has 0 aliphatic carbocycles. The van der Waals surface area contributed by atoms with E-state index < -0.39 is 0 Å². The average molecular weight is 266 g/mol. The molecule has 2 rings (SSSR count). The summed E-state index contributed by atoms with van der Waals surface area (Å²) in [6.45, 7) is 4.55. The van der Waals surface area contributed by atoms with Gasteiger partial charge in [0.15, 0.2) is 0 Å². The van der Waals surface area contributed by atoms with Crippen molar-refractivity contribution in [2.24, 2.45) is 0 Å². The zero-order chi connectivity index (χ0) is 14.4. The number of aldehydes is 1. The third-order valence-electron chi connectivity index (χ3n) is 4.04. The van der Waals surface area contributed by atoms with E-state index in [1.54, 1.807) is 0 Å². The fourth-order valence-electron chi connectivity index (χ4n) is 2.52. The maximum atomic E-state index is 10.7. The summed E-state index contributed by atoms with van der Waals surface area (Å²) in [5.74, 6) is 1.12. The molecule has 0 aliphatic rings. The first-order chi connectivity index (χ1) is 9.70. The molecule has 0 radical (unpaired) electrons. The Kier molecular flexibility index (Phi) is 5.11. The number of rotatable bonds is 6. The molecule has 0 aromatic heterocycles. The van der Waals surface area contributed by atoms with Gasteiger partial charge in [-0.3, -0.25) is 4.79 Å². The lowest BCUT2D eigenvalue weighted by molar-refractivity contribution is 0.112. The third kappa shape index (κ3) is 3.80. The molecule has 0 saturated carbocycles. The minimum Gasteiger partial charge on any atom is -0.298 e. The van der Waals surface area contributed by atoms with Crippen molar-refractivity contribution in [2.45, 2.75) is 38.5 Å². The summed E-state index contributed by atoms with van der Waals surface area (Å²) in [4.78, 5) is 10.7. The SMILES string of the molecule is CC(CCC(C)c1ccc(C=O)cc1)c1ccccc1. The van der Waals surface area contributed by atoms with Gasteiger partial charge in [0, 0.05) is 5.56 Å². The van der Waals surface area contributed by atoms with Crippen LogP contribution in [-0.2, 0) is 0 Å².